The number of nitrogens with zero attached hydrogens (tertiary/aromatic N) is 2. The zero-order chi connectivity index (χ0) is 19.3. The van der Waals surface area contributed by atoms with Crippen molar-refractivity contribution < 1.29 is 22.5 Å². The van der Waals surface area contributed by atoms with Gasteiger partial charge in [-0.3, -0.25) is 10.1 Å². The third-order valence-electron chi connectivity index (χ3n) is 3.28. The molecule has 0 atom stereocenters. The Kier molecular flexibility index (Phi) is 5.54. The van der Waals surface area contributed by atoms with Gasteiger partial charge in [0, 0.05) is 18.0 Å². The lowest BCUT2D eigenvalue weighted by atomic mass is 10.2. The second-order valence-electron chi connectivity index (χ2n) is 4.87. The lowest BCUT2D eigenvalue weighted by molar-refractivity contribution is -0.387. The SMILES string of the molecule is COc1ccc(S(=O)(=O)/C(C#N)=C\Nc2ccc(F)c([N+](=O)[O-])c2)cc1. The molecule has 2 rings (SSSR count). The maximum absolute atomic E-state index is 13.3. The molecule has 0 spiro atoms. The van der Waals surface area contributed by atoms with Crippen molar-refractivity contribution in [1.82, 2.24) is 0 Å². The highest BCUT2D eigenvalue weighted by molar-refractivity contribution is 7.95. The van der Waals surface area contributed by atoms with Gasteiger partial charge >= 0.3 is 5.69 Å². The molecule has 2 aromatic carbocycles. The van der Waals surface area contributed by atoms with E-state index in [1.165, 1.54) is 37.4 Å². The van der Waals surface area contributed by atoms with E-state index >= 15 is 0 Å². The summed E-state index contributed by atoms with van der Waals surface area (Å²) in [6.07, 6.45) is 0.885. The number of hydrogen-bond acceptors (Lipinski definition) is 7. The number of sulfone groups is 1. The average molecular weight is 377 g/mol. The fourth-order valence-electron chi connectivity index (χ4n) is 1.94. The van der Waals surface area contributed by atoms with Crippen LogP contribution in [0.3, 0.4) is 0 Å². The molecule has 8 nitrogen and oxygen atoms in total. The molecule has 2 aromatic rings. The van der Waals surface area contributed by atoms with Crippen LogP contribution in [0.25, 0.3) is 0 Å². The van der Waals surface area contributed by atoms with Crippen LogP contribution in [-0.4, -0.2) is 20.5 Å². The Bertz CT molecular complexity index is 1010. The van der Waals surface area contributed by atoms with E-state index in [1.807, 2.05) is 0 Å². The van der Waals surface area contributed by atoms with Crippen molar-refractivity contribution >= 4 is 21.2 Å². The Morgan fingerprint density at radius 1 is 1.31 bits per heavy atom. The van der Waals surface area contributed by atoms with Gasteiger partial charge in [-0.1, -0.05) is 0 Å². The van der Waals surface area contributed by atoms with Crippen molar-refractivity contribution in [3.63, 3.8) is 0 Å². The van der Waals surface area contributed by atoms with Gasteiger partial charge in [0.15, 0.2) is 4.91 Å². The molecule has 0 aromatic heterocycles. The number of nitriles is 1. The summed E-state index contributed by atoms with van der Waals surface area (Å²) in [6.45, 7) is 0. The van der Waals surface area contributed by atoms with Gasteiger partial charge in [0.25, 0.3) is 0 Å². The van der Waals surface area contributed by atoms with Gasteiger partial charge in [-0.05, 0) is 36.4 Å². The summed E-state index contributed by atoms with van der Waals surface area (Å²) in [5.41, 5.74) is -0.726. The lowest BCUT2D eigenvalue weighted by Crippen LogP contribution is -2.06. The molecule has 0 aliphatic heterocycles. The molecular formula is C16H12FN3O5S. The van der Waals surface area contributed by atoms with Gasteiger partial charge in [-0.15, -0.1) is 0 Å². The van der Waals surface area contributed by atoms with Gasteiger partial charge in [-0.25, -0.2) is 8.42 Å². The Morgan fingerprint density at radius 3 is 2.50 bits per heavy atom. The van der Waals surface area contributed by atoms with Crippen molar-refractivity contribution in [2.45, 2.75) is 4.90 Å². The summed E-state index contributed by atoms with van der Waals surface area (Å²) < 4.78 is 43.2. The van der Waals surface area contributed by atoms with Crippen LogP contribution in [-0.2, 0) is 9.84 Å². The maximum atomic E-state index is 13.3. The van der Waals surface area contributed by atoms with E-state index in [9.17, 15) is 22.9 Å². The minimum absolute atomic E-state index is 0.0516. The third-order valence-corrected chi connectivity index (χ3v) is 4.96. The number of nitrogens with one attached hydrogen (secondary N) is 1. The van der Waals surface area contributed by atoms with Crippen LogP contribution in [0.4, 0.5) is 15.8 Å². The van der Waals surface area contributed by atoms with Crippen molar-refractivity contribution in [2.24, 2.45) is 0 Å². The average Bonchev–Trinajstić information content (AvgIpc) is 2.63. The van der Waals surface area contributed by atoms with E-state index in [1.54, 1.807) is 6.07 Å². The van der Waals surface area contributed by atoms with Crippen LogP contribution in [0.2, 0.25) is 0 Å². The van der Waals surface area contributed by atoms with Crippen molar-refractivity contribution in [3.05, 3.63) is 69.5 Å². The first-order chi connectivity index (χ1) is 12.3. The molecule has 0 unspecified atom stereocenters. The molecule has 0 aliphatic carbocycles. The number of benzene rings is 2. The molecule has 26 heavy (non-hydrogen) atoms. The number of nitro groups is 1. The summed E-state index contributed by atoms with van der Waals surface area (Å²) in [6, 6.07) is 9.90. The second-order valence-corrected chi connectivity index (χ2v) is 6.79. The van der Waals surface area contributed by atoms with E-state index < -0.39 is 31.2 Å². The third kappa shape index (κ3) is 3.96. The molecule has 0 saturated carbocycles. The smallest absolute Gasteiger partial charge is 0.306 e. The highest BCUT2D eigenvalue weighted by atomic mass is 32.2. The summed E-state index contributed by atoms with van der Waals surface area (Å²) in [4.78, 5) is 9.07. The molecule has 10 heteroatoms. The number of allylic oxidation sites excluding steroid dienone is 1. The first kappa shape index (κ1) is 18.9. The molecule has 1 N–H and O–H groups in total. The predicted molar refractivity (Wildman–Crippen MR) is 90.6 cm³/mol. The van der Waals surface area contributed by atoms with E-state index in [2.05, 4.69) is 5.32 Å². The van der Waals surface area contributed by atoms with Crippen molar-refractivity contribution in [1.29, 1.82) is 5.26 Å². The highest BCUT2D eigenvalue weighted by Gasteiger charge is 2.21. The van der Waals surface area contributed by atoms with Crippen molar-refractivity contribution in [3.8, 4) is 11.8 Å². The van der Waals surface area contributed by atoms with Crippen LogP contribution >= 0.6 is 0 Å². The van der Waals surface area contributed by atoms with E-state index in [0.717, 1.165) is 18.3 Å². The van der Waals surface area contributed by atoms with E-state index in [4.69, 9.17) is 10.00 Å². The number of ether oxygens (including phenoxy) is 1. The van der Waals surface area contributed by atoms with Crippen molar-refractivity contribution in [2.75, 3.05) is 12.4 Å². The van der Waals surface area contributed by atoms with Gasteiger partial charge in [-0.2, -0.15) is 9.65 Å². The minimum atomic E-state index is -4.11. The van der Waals surface area contributed by atoms with Crippen LogP contribution < -0.4 is 10.1 Å². The fourth-order valence-corrected chi connectivity index (χ4v) is 3.03. The molecule has 0 heterocycles. The summed E-state index contributed by atoms with van der Waals surface area (Å²) in [7, 11) is -2.68. The number of anilines is 1. The minimum Gasteiger partial charge on any atom is -0.497 e. The molecular weight excluding hydrogens is 365 g/mol. The normalized spacial score (nSPS) is 11.5. The number of rotatable bonds is 6. The van der Waals surface area contributed by atoms with Crippen LogP contribution in [0.15, 0.2) is 58.5 Å². The summed E-state index contributed by atoms with van der Waals surface area (Å²) in [5, 5.41) is 22.3. The molecule has 0 amide bonds. The molecule has 0 bridgehead atoms. The molecule has 0 aliphatic rings. The zero-order valence-corrected chi connectivity index (χ0v) is 14.2. The zero-order valence-electron chi connectivity index (χ0n) is 13.3. The first-order valence-corrected chi connectivity index (χ1v) is 8.48. The molecule has 0 radical (unpaired) electrons. The summed E-state index contributed by atoms with van der Waals surface area (Å²) in [5.74, 6) is -0.584. The van der Waals surface area contributed by atoms with Gasteiger partial charge in [0.1, 0.15) is 11.8 Å². The lowest BCUT2D eigenvalue weighted by Gasteiger charge is -2.06. The van der Waals surface area contributed by atoms with Crippen LogP contribution in [0.5, 0.6) is 5.75 Å². The maximum Gasteiger partial charge on any atom is 0.306 e. The van der Waals surface area contributed by atoms with E-state index in [0.29, 0.717) is 5.75 Å². The number of nitro benzene ring substituents is 1. The predicted octanol–water partition coefficient (Wildman–Crippen LogP) is 2.99. The standard InChI is InChI=1S/C16H12FN3O5S/c1-25-12-3-5-13(6-4-12)26(23,24)14(9-18)10-19-11-2-7-15(17)16(8-11)20(21)22/h2-8,10,19H,1H3/b14-10-. The largest absolute Gasteiger partial charge is 0.497 e. The monoisotopic (exact) mass is 377 g/mol. The highest BCUT2D eigenvalue weighted by Crippen LogP contribution is 2.24. The topological polar surface area (TPSA) is 122 Å². The van der Waals surface area contributed by atoms with Gasteiger partial charge in [0.05, 0.1) is 16.9 Å². The summed E-state index contributed by atoms with van der Waals surface area (Å²) >= 11 is 0. The second kappa shape index (κ2) is 7.62. The Labute approximate surface area is 148 Å². The Morgan fingerprint density at radius 2 is 1.96 bits per heavy atom. The van der Waals surface area contributed by atoms with Crippen LogP contribution in [0, 0.1) is 27.3 Å². The van der Waals surface area contributed by atoms with Gasteiger partial charge < -0.3 is 10.1 Å². The molecule has 0 fully saturated rings. The number of methoxy groups -OCH3 is 1. The fraction of sp³-hybridized carbons (Fsp3) is 0.0625. The molecule has 134 valence electrons. The Balaban J connectivity index is 2.34. The molecule has 0 saturated heterocycles. The number of hydrogen-bond donors (Lipinski definition) is 1. The van der Waals surface area contributed by atoms with Crippen LogP contribution in [0.1, 0.15) is 0 Å². The first-order valence-electron chi connectivity index (χ1n) is 6.99. The quantitative estimate of drug-likeness (QED) is 0.466. The van der Waals surface area contributed by atoms with E-state index in [-0.39, 0.29) is 10.6 Å². The Hall–Kier alpha value is -3.45. The van der Waals surface area contributed by atoms with Gasteiger partial charge in [0.2, 0.25) is 15.7 Å². The number of halogens is 1.